The summed E-state index contributed by atoms with van der Waals surface area (Å²) in [5, 5.41) is 13.4. The molecule has 0 aromatic heterocycles. The van der Waals surface area contributed by atoms with Crippen molar-refractivity contribution in [1.82, 2.24) is 10.2 Å². The van der Waals surface area contributed by atoms with E-state index in [0.29, 0.717) is 11.7 Å². The van der Waals surface area contributed by atoms with Crippen LogP contribution in [0.2, 0.25) is 0 Å². The van der Waals surface area contributed by atoms with Gasteiger partial charge in [0.15, 0.2) is 0 Å². The van der Waals surface area contributed by atoms with Crippen LogP contribution in [-0.4, -0.2) is 36.2 Å². The number of nitrogens with one attached hydrogen (secondary N) is 1. The lowest BCUT2D eigenvalue weighted by molar-refractivity contribution is 0.230. The first-order chi connectivity index (χ1) is 8.16. The van der Waals surface area contributed by atoms with Crippen molar-refractivity contribution in [3.05, 3.63) is 29.3 Å². The van der Waals surface area contributed by atoms with Gasteiger partial charge in [0.25, 0.3) is 0 Å². The Hall–Kier alpha value is -1.06. The highest BCUT2D eigenvalue weighted by Crippen LogP contribution is 2.24. The summed E-state index contributed by atoms with van der Waals surface area (Å²) in [7, 11) is 0. The number of hydrogen-bond acceptors (Lipinski definition) is 3. The van der Waals surface area contributed by atoms with Crippen LogP contribution in [0.3, 0.4) is 0 Å². The van der Waals surface area contributed by atoms with Crippen LogP contribution in [0.25, 0.3) is 0 Å². The fourth-order valence-electron chi connectivity index (χ4n) is 2.18. The van der Waals surface area contributed by atoms with E-state index < -0.39 is 0 Å². The van der Waals surface area contributed by atoms with Gasteiger partial charge < -0.3 is 10.4 Å². The summed E-state index contributed by atoms with van der Waals surface area (Å²) in [4.78, 5) is 2.38. The van der Waals surface area contributed by atoms with E-state index in [1.807, 2.05) is 6.07 Å². The molecular weight excluding hydrogens is 212 g/mol. The van der Waals surface area contributed by atoms with Gasteiger partial charge in [-0.05, 0) is 17.5 Å². The average molecular weight is 234 g/mol. The van der Waals surface area contributed by atoms with Crippen LogP contribution in [-0.2, 0) is 6.54 Å². The topological polar surface area (TPSA) is 35.5 Å². The Bertz CT molecular complexity index is 370. The van der Waals surface area contributed by atoms with Crippen molar-refractivity contribution in [1.29, 1.82) is 0 Å². The van der Waals surface area contributed by atoms with Gasteiger partial charge in [0.05, 0.1) is 0 Å². The average Bonchev–Trinajstić information content (AvgIpc) is 2.33. The van der Waals surface area contributed by atoms with E-state index in [4.69, 9.17) is 0 Å². The van der Waals surface area contributed by atoms with Crippen LogP contribution in [0.15, 0.2) is 18.2 Å². The van der Waals surface area contributed by atoms with E-state index in [2.05, 4.69) is 36.2 Å². The molecule has 0 bridgehead atoms. The Kier molecular flexibility index (Phi) is 4.02. The lowest BCUT2D eigenvalue weighted by Gasteiger charge is -2.27. The van der Waals surface area contributed by atoms with Crippen molar-refractivity contribution in [2.45, 2.75) is 26.3 Å². The van der Waals surface area contributed by atoms with E-state index in [1.165, 1.54) is 5.56 Å². The van der Waals surface area contributed by atoms with Crippen LogP contribution in [0.1, 0.15) is 30.9 Å². The molecule has 17 heavy (non-hydrogen) atoms. The third-order valence-corrected chi connectivity index (χ3v) is 3.38. The van der Waals surface area contributed by atoms with Crippen molar-refractivity contribution < 1.29 is 5.11 Å². The predicted molar refractivity (Wildman–Crippen MR) is 70.3 cm³/mol. The molecule has 0 unspecified atom stereocenters. The highest BCUT2D eigenvalue weighted by Gasteiger charge is 2.12. The Balaban J connectivity index is 2.05. The van der Waals surface area contributed by atoms with Crippen molar-refractivity contribution in [2.75, 3.05) is 26.2 Å². The van der Waals surface area contributed by atoms with Gasteiger partial charge in [0.1, 0.15) is 5.75 Å². The molecule has 1 fully saturated rings. The lowest BCUT2D eigenvalue weighted by Crippen LogP contribution is -2.42. The molecule has 1 heterocycles. The summed E-state index contributed by atoms with van der Waals surface area (Å²) in [5.74, 6) is 0.906. The minimum atomic E-state index is 0.440. The molecule has 1 aliphatic rings. The SMILES string of the molecule is CC(C)c1ccc(CN2CCNCC2)c(O)c1. The monoisotopic (exact) mass is 234 g/mol. The van der Waals surface area contributed by atoms with Crippen LogP contribution in [0.5, 0.6) is 5.75 Å². The molecular formula is C14H22N2O. The third kappa shape index (κ3) is 3.20. The summed E-state index contributed by atoms with van der Waals surface area (Å²) in [5.41, 5.74) is 2.24. The van der Waals surface area contributed by atoms with E-state index in [-0.39, 0.29) is 0 Å². The minimum absolute atomic E-state index is 0.440. The summed E-state index contributed by atoms with van der Waals surface area (Å²) in [6, 6.07) is 6.09. The van der Waals surface area contributed by atoms with Crippen molar-refractivity contribution in [2.24, 2.45) is 0 Å². The number of piperazine rings is 1. The molecule has 1 aromatic rings. The first kappa shape index (κ1) is 12.4. The fraction of sp³-hybridized carbons (Fsp3) is 0.571. The Morgan fingerprint density at radius 1 is 1.29 bits per heavy atom. The van der Waals surface area contributed by atoms with Gasteiger partial charge >= 0.3 is 0 Å². The second-order valence-corrected chi connectivity index (χ2v) is 5.07. The molecule has 94 valence electrons. The maximum atomic E-state index is 10.0. The molecule has 3 nitrogen and oxygen atoms in total. The number of phenolic OH excluding ortho intramolecular Hbond substituents is 1. The molecule has 0 saturated carbocycles. The normalized spacial score (nSPS) is 17.6. The molecule has 2 rings (SSSR count). The minimum Gasteiger partial charge on any atom is -0.508 e. The number of aromatic hydroxyl groups is 1. The van der Waals surface area contributed by atoms with Crippen molar-refractivity contribution in [3.63, 3.8) is 0 Å². The fourth-order valence-corrected chi connectivity index (χ4v) is 2.18. The smallest absolute Gasteiger partial charge is 0.120 e. The zero-order chi connectivity index (χ0) is 12.3. The van der Waals surface area contributed by atoms with Gasteiger partial charge in [-0.3, -0.25) is 4.90 Å². The maximum absolute atomic E-state index is 10.0. The zero-order valence-corrected chi connectivity index (χ0v) is 10.7. The Labute approximate surface area is 103 Å². The largest absolute Gasteiger partial charge is 0.508 e. The molecule has 0 aliphatic carbocycles. The third-order valence-electron chi connectivity index (χ3n) is 3.38. The number of benzene rings is 1. The highest BCUT2D eigenvalue weighted by molar-refractivity contribution is 5.37. The number of hydrogen-bond donors (Lipinski definition) is 2. The first-order valence-corrected chi connectivity index (χ1v) is 6.41. The summed E-state index contributed by atoms with van der Waals surface area (Å²) in [6.45, 7) is 9.35. The lowest BCUT2D eigenvalue weighted by atomic mass is 10.0. The number of phenols is 1. The van der Waals surface area contributed by atoms with Crippen molar-refractivity contribution >= 4 is 0 Å². The van der Waals surface area contributed by atoms with Crippen LogP contribution in [0, 0.1) is 0 Å². The molecule has 1 aliphatic heterocycles. The molecule has 1 aromatic carbocycles. The van der Waals surface area contributed by atoms with Crippen LogP contribution < -0.4 is 5.32 Å². The van der Waals surface area contributed by atoms with E-state index >= 15 is 0 Å². The standard InChI is InChI=1S/C14H22N2O/c1-11(2)12-3-4-13(14(17)9-12)10-16-7-5-15-6-8-16/h3-4,9,11,15,17H,5-8,10H2,1-2H3. The second kappa shape index (κ2) is 5.52. The molecule has 2 N–H and O–H groups in total. The summed E-state index contributed by atoms with van der Waals surface area (Å²) < 4.78 is 0. The molecule has 0 radical (unpaired) electrons. The van der Waals surface area contributed by atoms with Gasteiger partial charge in [0, 0.05) is 38.3 Å². The van der Waals surface area contributed by atoms with Gasteiger partial charge in [-0.2, -0.15) is 0 Å². The van der Waals surface area contributed by atoms with Crippen molar-refractivity contribution in [3.8, 4) is 5.75 Å². The van der Waals surface area contributed by atoms with Gasteiger partial charge in [-0.1, -0.05) is 26.0 Å². The molecule has 3 heteroatoms. The molecule has 0 atom stereocenters. The Morgan fingerprint density at radius 2 is 2.00 bits per heavy atom. The van der Waals surface area contributed by atoms with Gasteiger partial charge in [0.2, 0.25) is 0 Å². The van der Waals surface area contributed by atoms with Gasteiger partial charge in [-0.15, -0.1) is 0 Å². The van der Waals surface area contributed by atoms with E-state index in [0.717, 1.165) is 38.3 Å². The molecule has 1 saturated heterocycles. The first-order valence-electron chi connectivity index (χ1n) is 6.41. The van der Waals surface area contributed by atoms with E-state index in [1.54, 1.807) is 0 Å². The van der Waals surface area contributed by atoms with Crippen LogP contribution >= 0.6 is 0 Å². The zero-order valence-electron chi connectivity index (χ0n) is 10.7. The Morgan fingerprint density at radius 3 is 2.59 bits per heavy atom. The summed E-state index contributed by atoms with van der Waals surface area (Å²) >= 11 is 0. The second-order valence-electron chi connectivity index (χ2n) is 5.07. The highest BCUT2D eigenvalue weighted by atomic mass is 16.3. The molecule has 0 amide bonds. The van der Waals surface area contributed by atoms with Gasteiger partial charge in [-0.25, -0.2) is 0 Å². The maximum Gasteiger partial charge on any atom is 0.120 e. The summed E-state index contributed by atoms with van der Waals surface area (Å²) in [6.07, 6.45) is 0. The van der Waals surface area contributed by atoms with E-state index in [9.17, 15) is 5.11 Å². The quantitative estimate of drug-likeness (QED) is 0.838. The van der Waals surface area contributed by atoms with Crippen LogP contribution in [0.4, 0.5) is 0 Å². The number of nitrogens with zero attached hydrogens (tertiary/aromatic N) is 1. The molecule has 0 spiro atoms. The predicted octanol–water partition coefficient (Wildman–Crippen LogP) is 1.92. The number of rotatable bonds is 3.